The molecule has 0 aliphatic heterocycles. The normalized spacial score (nSPS) is 11.8. The van der Waals surface area contributed by atoms with E-state index in [4.69, 9.17) is 0 Å². The third-order valence-electron chi connectivity index (χ3n) is 5.34. The van der Waals surface area contributed by atoms with Gasteiger partial charge < -0.3 is 0 Å². The fourth-order valence-electron chi connectivity index (χ4n) is 3.41. The minimum atomic E-state index is -4.78. The zero-order valence-electron chi connectivity index (χ0n) is 20.1. The predicted molar refractivity (Wildman–Crippen MR) is 155 cm³/mol. The van der Waals surface area contributed by atoms with E-state index in [0.29, 0.717) is 23.4 Å². The highest BCUT2D eigenvalue weighted by molar-refractivity contribution is 14.1. The van der Waals surface area contributed by atoms with E-state index in [-0.39, 0.29) is 21.5 Å². The van der Waals surface area contributed by atoms with Crippen molar-refractivity contribution < 1.29 is 31.2 Å². The highest BCUT2D eigenvalue weighted by Crippen LogP contribution is 2.34. The number of carbonyl (C=O) groups excluding carboxylic acids is 2. The SMILES string of the molecule is O=C(/C=C/c1ccc(S(=O)(=O)Nc2cc(C(F)(F)F)ccc2C(=O)Nc2nc(-c3ccccc3)cs2)cc1)NI. The van der Waals surface area contributed by atoms with Crippen LogP contribution in [0.15, 0.2) is 89.1 Å². The number of aromatic nitrogens is 1. The summed E-state index contributed by atoms with van der Waals surface area (Å²) >= 11 is 2.77. The number of anilines is 2. The molecule has 1 heterocycles. The quantitative estimate of drug-likeness (QED) is 0.113. The number of carbonyl (C=O) groups is 2. The van der Waals surface area contributed by atoms with Crippen LogP contribution >= 0.6 is 34.2 Å². The van der Waals surface area contributed by atoms with E-state index in [1.54, 1.807) is 28.2 Å². The number of alkyl halides is 3. The van der Waals surface area contributed by atoms with Gasteiger partial charge in [0.25, 0.3) is 21.8 Å². The van der Waals surface area contributed by atoms with E-state index in [1.165, 1.54) is 36.4 Å². The first kappa shape index (κ1) is 29.2. The highest BCUT2D eigenvalue weighted by Gasteiger charge is 2.32. The third-order valence-corrected chi connectivity index (χ3v) is 8.01. The van der Waals surface area contributed by atoms with Crippen LogP contribution in [0.2, 0.25) is 0 Å². The molecule has 40 heavy (non-hydrogen) atoms. The van der Waals surface area contributed by atoms with Crippen molar-refractivity contribution in [1.29, 1.82) is 0 Å². The van der Waals surface area contributed by atoms with Crippen LogP contribution in [0.4, 0.5) is 24.0 Å². The average Bonchev–Trinajstić information content (AvgIpc) is 3.40. The molecule has 0 saturated heterocycles. The topological polar surface area (TPSA) is 117 Å². The molecule has 4 aromatic rings. The lowest BCUT2D eigenvalue weighted by Gasteiger charge is -2.15. The molecule has 0 radical (unpaired) electrons. The summed E-state index contributed by atoms with van der Waals surface area (Å²) in [5.41, 5.74) is -0.139. The lowest BCUT2D eigenvalue weighted by molar-refractivity contribution is -0.137. The molecule has 0 aliphatic rings. The lowest BCUT2D eigenvalue weighted by atomic mass is 10.1. The molecular weight excluding hydrogens is 680 g/mol. The van der Waals surface area contributed by atoms with Crippen molar-refractivity contribution in [3.05, 3.63) is 101 Å². The monoisotopic (exact) mass is 698 g/mol. The van der Waals surface area contributed by atoms with Crippen molar-refractivity contribution in [2.24, 2.45) is 0 Å². The third kappa shape index (κ3) is 7.25. The second-order valence-electron chi connectivity index (χ2n) is 8.08. The Morgan fingerprint density at radius 2 is 1.68 bits per heavy atom. The second kappa shape index (κ2) is 12.2. The van der Waals surface area contributed by atoms with E-state index in [9.17, 15) is 31.2 Å². The number of halogens is 4. The number of hydrogen-bond donors (Lipinski definition) is 3. The summed E-state index contributed by atoms with van der Waals surface area (Å²) < 4.78 is 70.9. The van der Waals surface area contributed by atoms with Crippen LogP contribution in [0.25, 0.3) is 17.3 Å². The van der Waals surface area contributed by atoms with Gasteiger partial charge in [-0.3, -0.25) is 23.2 Å². The lowest BCUT2D eigenvalue weighted by Crippen LogP contribution is -2.20. The number of thiazole rings is 1. The summed E-state index contributed by atoms with van der Waals surface area (Å²) in [5.74, 6) is -1.22. The number of amides is 2. The van der Waals surface area contributed by atoms with Gasteiger partial charge in [0.05, 0.1) is 50.3 Å². The van der Waals surface area contributed by atoms with E-state index < -0.39 is 33.4 Å². The summed E-state index contributed by atoms with van der Waals surface area (Å²) in [6.45, 7) is 0. The molecule has 3 N–H and O–H groups in total. The maximum atomic E-state index is 13.4. The Bertz CT molecular complexity index is 1670. The fraction of sp³-hybridized carbons (Fsp3) is 0.0385. The van der Waals surface area contributed by atoms with Gasteiger partial charge in [-0.25, -0.2) is 13.4 Å². The van der Waals surface area contributed by atoms with Crippen molar-refractivity contribution in [3.63, 3.8) is 0 Å². The number of rotatable bonds is 8. The molecule has 0 spiro atoms. The van der Waals surface area contributed by atoms with Crippen LogP contribution in [-0.4, -0.2) is 25.2 Å². The molecule has 2 amide bonds. The number of hydrogen-bond acceptors (Lipinski definition) is 6. The van der Waals surface area contributed by atoms with E-state index in [2.05, 4.69) is 18.6 Å². The molecular formula is C26H18F3IN4O4S2. The molecule has 0 atom stereocenters. The maximum Gasteiger partial charge on any atom is 0.416 e. The Balaban J connectivity index is 1.61. The van der Waals surface area contributed by atoms with Gasteiger partial charge in [0.15, 0.2) is 5.13 Å². The standard InChI is InChI=1S/C26H18F3IN4O4S2/c27-26(28,29)18-9-12-20(24(36)32-25-31-22(15-39-25)17-4-2-1-3-5-17)21(14-18)34-40(37,38)19-10-6-16(7-11-19)8-13-23(35)33-30/h1-15,34H,(H,33,35)(H,31,32,36)/b13-8+. The zero-order chi connectivity index (χ0) is 28.9. The smallest absolute Gasteiger partial charge is 0.298 e. The Hall–Kier alpha value is -3.76. The first-order valence-electron chi connectivity index (χ1n) is 11.2. The molecule has 8 nitrogen and oxygen atoms in total. The minimum absolute atomic E-state index is 0.178. The molecule has 1 aromatic heterocycles. The molecule has 0 saturated carbocycles. The van der Waals surface area contributed by atoms with E-state index in [0.717, 1.165) is 23.0 Å². The minimum Gasteiger partial charge on any atom is -0.298 e. The van der Waals surface area contributed by atoms with E-state index >= 15 is 0 Å². The van der Waals surface area contributed by atoms with Gasteiger partial charge in [0.2, 0.25) is 0 Å². The summed E-state index contributed by atoms with van der Waals surface area (Å²) in [6, 6.07) is 16.6. The number of nitrogens with zero attached hydrogens (tertiary/aromatic N) is 1. The summed E-state index contributed by atoms with van der Waals surface area (Å²) in [5, 5.41) is 4.40. The number of nitrogens with one attached hydrogen (secondary N) is 3. The molecule has 0 unspecified atom stereocenters. The van der Waals surface area contributed by atoms with Crippen LogP contribution < -0.4 is 13.6 Å². The Morgan fingerprint density at radius 3 is 2.33 bits per heavy atom. The molecule has 206 valence electrons. The molecule has 0 aliphatic carbocycles. The maximum absolute atomic E-state index is 13.4. The number of benzene rings is 3. The van der Waals surface area contributed by atoms with Crippen LogP contribution in [0.1, 0.15) is 21.5 Å². The van der Waals surface area contributed by atoms with Gasteiger partial charge in [0.1, 0.15) is 0 Å². The first-order chi connectivity index (χ1) is 19.0. The predicted octanol–water partition coefficient (Wildman–Crippen LogP) is 6.36. The van der Waals surface area contributed by atoms with Crippen molar-refractivity contribution >= 4 is 72.9 Å². The largest absolute Gasteiger partial charge is 0.416 e. The second-order valence-corrected chi connectivity index (χ2v) is 11.2. The Morgan fingerprint density at radius 1 is 0.975 bits per heavy atom. The summed E-state index contributed by atoms with van der Waals surface area (Å²) in [7, 11) is -4.40. The van der Waals surface area contributed by atoms with Crippen LogP contribution in [0.5, 0.6) is 0 Å². The highest BCUT2D eigenvalue weighted by atomic mass is 127. The van der Waals surface area contributed by atoms with Gasteiger partial charge in [0, 0.05) is 17.0 Å². The fourth-order valence-corrected chi connectivity index (χ4v) is 5.37. The molecule has 0 fully saturated rings. The van der Waals surface area contributed by atoms with Crippen LogP contribution in [-0.2, 0) is 21.0 Å². The summed E-state index contributed by atoms with van der Waals surface area (Å²) in [4.78, 5) is 28.5. The average molecular weight is 698 g/mol. The zero-order valence-corrected chi connectivity index (χ0v) is 23.9. The van der Waals surface area contributed by atoms with E-state index in [1.807, 2.05) is 30.3 Å². The summed E-state index contributed by atoms with van der Waals surface area (Å²) in [6.07, 6.45) is -2.09. The van der Waals surface area contributed by atoms with Crippen molar-refractivity contribution in [3.8, 4) is 11.3 Å². The molecule has 4 rings (SSSR count). The van der Waals surface area contributed by atoms with Gasteiger partial charge in [-0.1, -0.05) is 42.5 Å². The van der Waals surface area contributed by atoms with Gasteiger partial charge in [-0.2, -0.15) is 13.2 Å². The Kier molecular flexibility index (Phi) is 8.90. The number of sulfonamides is 1. The van der Waals surface area contributed by atoms with Crippen molar-refractivity contribution in [1.82, 2.24) is 8.51 Å². The van der Waals surface area contributed by atoms with Crippen LogP contribution in [0.3, 0.4) is 0 Å². The van der Waals surface area contributed by atoms with Crippen LogP contribution in [0, 0.1) is 0 Å². The van der Waals surface area contributed by atoms with Gasteiger partial charge >= 0.3 is 6.18 Å². The van der Waals surface area contributed by atoms with Crippen molar-refractivity contribution in [2.75, 3.05) is 10.0 Å². The molecule has 14 heteroatoms. The van der Waals surface area contributed by atoms with Gasteiger partial charge in [-0.15, -0.1) is 11.3 Å². The molecule has 3 aromatic carbocycles. The Labute approximate surface area is 244 Å². The molecule has 0 bridgehead atoms. The van der Waals surface area contributed by atoms with Gasteiger partial charge in [-0.05, 0) is 42.0 Å². The van der Waals surface area contributed by atoms with Crippen molar-refractivity contribution in [2.45, 2.75) is 11.1 Å². The first-order valence-corrected chi connectivity index (χ1v) is 14.7.